The van der Waals surface area contributed by atoms with Gasteiger partial charge in [-0.2, -0.15) is 5.01 Å². The van der Waals surface area contributed by atoms with Crippen molar-refractivity contribution in [2.24, 2.45) is 0 Å². The molecule has 0 aliphatic carbocycles. The first-order chi connectivity index (χ1) is 19.4. The van der Waals surface area contributed by atoms with E-state index < -0.39 is 18.2 Å². The van der Waals surface area contributed by atoms with Gasteiger partial charge in [0.2, 0.25) is 11.8 Å². The lowest BCUT2D eigenvalue weighted by atomic mass is 9.98. The standard InChI is InChI=1S/C31H30FN5O3/c1-2-17-35-22-29(38)36-27(18-23-9-5-3-6-10-23)30(39)34(20-25-13-15-26(32)16-14-25)21-28(36)37(35)31(40)33-19-24-11-7-4-8-12-24/h1,3-16,27-28H,17-22H2,(H,33,40)/t27-,28-/m0/s1. The zero-order chi connectivity index (χ0) is 28.1. The molecule has 5 rings (SSSR count). The lowest BCUT2D eigenvalue weighted by Gasteiger charge is -2.55. The molecule has 204 valence electrons. The molecule has 0 aromatic heterocycles. The SMILES string of the molecule is C#CCN1CC(=O)N2[C@@H](Cc3ccccc3)C(=O)N(Cc3ccc(F)cc3)C[C@@H]2N1C(=O)NCc1ccccc1. The topological polar surface area (TPSA) is 76.2 Å². The molecule has 3 aromatic rings. The van der Waals surface area contributed by atoms with Crippen molar-refractivity contribution in [3.8, 4) is 12.3 Å². The summed E-state index contributed by atoms with van der Waals surface area (Å²) in [7, 11) is 0. The van der Waals surface area contributed by atoms with Crippen LogP contribution in [0.1, 0.15) is 16.7 Å². The second kappa shape index (κ2) is 12.0. The third-order valence-electron chi connectivity index (χ3n) is 7.16. The zero-order valence-corrected chi connectivity index (χ0v) is 21.9. The third-order valence-corrected chi connectivity index (χ3v) is 7.16. The van der Waals surface area contributed by atoms with Gasteiger partial charge >= 0.3 is 6.03 Å². The molecule has 0 bridgehead atoms. The molecule has 2 aliphatic heterocycles. The number of halogens is 1. The molecule has 0 spiro atoms. The number of terminal acetylenes is 1. The quantitative estimate of drug-likeness (QED) is 0.469. The number of piperazine rings is 1. The van der Waals surface area contributed by atoms with E-state index >= 15 is 0 Å². The van der Waals surface area contributed by atoms with Crippen LogP contribution in [0.15, 0.2) is 84.9 Å². The molecule has 2 saturated heterocycles. The van der Waals surface area contributed by atoms with Crippen molar-refractivity contribution in [1.82, 2.24) is 25.1 Å². The normalized spacial score (nSPS) is 19.2. The fourth-order valence-corrected chi connectivity index (χ4v) is 5.28. The number of rotatable bonds is 7. The predicted molar refractivity (Wildman–Crippen MR) is 147 cm³/mol. The van der Waals surface area contributed by atoms with E-state index in [1.165, 1.54) is 22.0 Å². The summed E-state index contributed by atoms with van der Waals surface area (Å²) in [5.74, 6) is 1.67. The van der Waals surface area contributed by atoms with Gasteiger partial charge in [0.15, 0.2) is 0 Å². The maximum absolute atomic E-state index is 13.9. The molecule has 2 aliphatic rings. The average molecular weight is 540 g/mol. The van der Waals surface area contributed by atoms with Crippen LogP contribution in [0.5, 0.6) is 0 Å². The Morgan fingerprint density at radius 3 is 2.23 bits per heavy atom. The predicted octanol–water partition coefficient (Wildman–Crippen LogP) is 3.01. The summed E-state index contributed by atoms with van der Waals surface area (Å²) >= 11 is 0. The maximum atomic E-state index is 13.9. The van der Waals surface area contributed by atoms with E-state index in [-0.39, 0.29) is 56.8 Å². The van der Waals surface area contributed by atoms with Gasteiger partial charge in [-0.1, -0.05) is 78.7 Å². The molecule has 2 fully saturated rings. The largest absolute Gasteiger partial charge is 0.334 e. The Labute approximate surface area is 232 Å². The van der Waals surface area contributed by atoms with Crippen molar-refractivity contribution in [1.29, 1.82) is 0 Å². The Kier molecular flexibility index (Phi) is 8.08. The van der Waals surface area contributed by atoms with Gasteiger partial charge in [0, 0.05) is 19.5 Å². The summed E-state index contributed by atoms with van der Waals surface area (Å²) in [6, 6.07) is 23.7. The number of carbonyl (C=O) groups excluding carboxylic acids is 3. The Bertz CT molecular complexity index is 1390. The van der Waals surface area contributed by atoms with Crippen molar-refractivity contribution < 1.29 is 18.8 Å². The molecule has 40 heavy (non-hydrogen) atoms. The third kappa shape index (κ3) is 5.82. The Morgan fingerprint density at radius 1 is 0.925 bits per heavy atom. The number of fused-ring (bicyclic) bond motifs is 1. The highest BCUT2D eigenvalue weighted by Gasteiger charge is 2.51. The molecule has 9 heteroatoms. The summed E-state index contributed by atoms with van der Waals surface area (Å²) in [4.78, 5) is 44.3. The summed E-state index contributed by atoms with van der Waals surface area (Å²) in [5.41, 5.74) is 2.55. The number of urea groups is 1. The summed E-state index contributed by atoms with van der Waals surface area (Å²) in [5, 5.41) is 5.97. The second-order valence-corrected chi connectivity index (χ2v) is 9.85. The number of hydrogen-bond acceptors (Lipinski definition) is 4. The minimum Gasteiger partial charge on any atom is -0.333 e. The molecule has 4 amide bonds. The molecule has 2 atom stereocenters. The van der Waals surface area contributed by atoms with E-state index in [0.717, 1.165) is 16.7 Å². The van der Waals surface area contributed by atoms with Gasteiger partial charge in [-0.05, 0) is 28.8 Å². The number of amides is 4. The zero-order valence-electron chi connectivity index (χ0n) is 21.9. The Morgan fingerprint density at radius 2 is 1.57 bits per heavy atom. The second-order valence-electron chi connectivity index (χ2n) is 9.85. The number of hydrogen-bond donors (Lipinski definition) is 1. The van der Waals surface area contributed by atoms with Crippen LogP contribution in [-0.4, -0.2) is 69.5 Å². The van der Waals surface area contributed by atoms with Crippen molar-refractivity contribution in [3.05, 3.63) is 107 Å². The lowest BCUT2D eigenvalue weighted by Crippen LogP contribution is -2.76. The monoisotopic (exact) mass is 539 g/mol. The van der Waals surface area contributed by atoms with Crippen molar-refractivity contribution >= 4 is 17.8 Å². The maximum Gasteiger partial charge on any atom is 0.334 e. The first-order valence-corrected chi connectivity index (χ1v) is 13.1. The van der Waals surface area contributed by atoms with E-state index in [0.29, 0.717) is 0 Å². The van der Waals surface area contributed by atoms with Crippen LogP contribution in [0.4, 0.5) is 9.18 Å². The number of nitrogens with one attached hydrogen (secondary N) is 1. The van der Waals surface area contributed by atoms with Crippen molar-refractivity contribution in [2.45, 2.75) is 31.7 Å². The van der Waals surface area contributed by atoms with Crippen LogP contribution < -0.4 is 5.32 Å². The summed E-state index contributed by atoms with van der Waals surface area (Å²) in [6.07, 6.45) is 5.13. The lowest BCUT2D eigenvalue weighted by molar-refractivity contribution is -0.189. The smallest absolute Gasteiger partial charge is 0.333 e. The van der Waals surface area contributed by atoms with E-state index in [2.05, 4.69) is 11.2 Å². The van der Waals surface area contributed by atoms with Crippen LogP contribution in [0, 0.1) is 18.2 Å². The van der Waals surface area contributed by atoms with Gasteiger partial charge in [0.25, 0.3) is 0 Å². The van der Waals surface area contributed by atoms with Gasteiger partial charge in [-0.3, -0.25) is 9.59 Å². The van der Waals surface area contributed by atoms with Gasteiger partial charge in [0.05, 0.1) is 19.6 Å². The highest BCUT2D eigenvalue weighted by molar-refractivity contribution is 5.91. The van der Waals surface area contributed by atoms with E-state index in [1.54, 1.807) is 22.0 Å². The van der Waals surface area contributed by atoms with Crippen LogP contribution in [-0.2, 0) is 29.1 Å². The highest BCUT2D eigenvalue weighted by atomic mass is 19.1. The Hall–Kier alpha value is -4.68. The minimum absolute atomic E-state index is 0.0457. The van der Waals surface area contributed by atoms with Gasteiger partial charge in [-0.15, -0.1) is 6.42 Å². The number of hydrazine groups is 1. The number of nitrogens with zero attached hydrogens (tertiary/aromatic N) is 4. The molecule has 1 N–H and O–H groups in total. The molecule has 3 aromatic carbocycles. The van der Waals surface area contributed by atoms with Crippen LogP contribution in [0.2, 0.25) is 0 Å². The molecule has 0 radical (unpaired) electrons. The molecule has 2 heterocycles. The first kappa shape index (κ1) is 26.9. The van der Waals surface area contributed by atoms with E-state index in [9.17, 15) is 18.8 Å². The average Bonchev–Trinajstić information content (AvgIpc) is 2.96. The van der Waals surface area contributed by atoms with Crippen LogP contribution in [0.25, 0.3) is 0 Å². The molecular weight excluding hydrogens is 509 g/mol. The van der Waals surface area contributed by atoms with Gasteiger partial charge in [-0.25, -0.2) is 14.2 Å². The number of benzene rings is 3. The highest BCUT2D eigenvalue weighted by Crippen LogP contribution is 2.29. The summed E-state index contributed by atoms with van der Waals surface area (Å²) in [6.45, 7) is 0.483. The van der Waals surface area contributed by atoms with Crippen LogP contribution in [0.3, 0.4) is 0 Å². The van der Waals surface area contributed by atoms with Crippen molar-refractivity contribution in [3.63, 3.8) is 0 Å². The van der Waals surface area contributed by atoms with Gasteiger partial charge in [0.1, 0.15) is 18.0 Å². The van der Waals surface area contributed by atoms with Crippen LogP contribution >= 0.6 is 0 Å². The van der Waals surface area contributed by atoms with Crippen molar-refractivity contribution in [2.75, 3.05) is 19.6 Å². The minimum atomic E-state index is -0.827. The molecular formula is C31H30FN5O3. The fourth-order valence-electron chi connectivity index (χ4n) is 5.28. The molecule has 0 unspecified atom stereocenters. The molecule has 0 saturated carbocycles. The molecule has 8 nitrogen and oxygen atoms in total. The Balaban J connectivity index is 1.48. The number of carbonyl (C=O) groups is 3. The fraction of sp³-hybridized carbons (Fsp3) is 0.258. The first-order valence-electron chi connectivity index (χ1n) is 13.1. The van der Waals surface area contributed by atoms with E-state index in [4.69, 9.17) is 6.42 Å². The summed E-state index contributed by atoms with van der Waals surface area (Å²) < 4.78 is 13.6. The van der Waals surface area contributed by atoms with E-state index in [1.807, 2.05) is 60.7 Å². The van der Waals surface area contributed by atoms with Gasteiger partial charge < -0.3 is 15.1 Å².